The van der Waals surface area contributed by atoms with Gasteiger partial charge >= 0.3 is 0 Å². The van der Waals surface area contributed by atoms with Crippen LogP contribution in [0.2, 0.25) is 0 Å². The SMILES string of the molecule is CCOc1ccc(-c2nc(N)c(Br)s2)cc1C. The number of aryl methyl sites for hydroxylation is 1. The van der Waals surface area contributed by atoms with Gasteiger partial charge in [0.2, 0.25) is 0 Å². The fraction of sp³-hybridized carbons (Fsp3) is 0.250. The van der Waals surface area contributed by atoms with E-state index < -0.39 is 0 Å². The Morgan fingerprint density at radius 1 is 1.47 bits per heavy atom. The van der Waals surface area contributed by atoms with Gasteiger partial charge in [0.1, 0.15) is 20.4 Å². The first-order valence-corrected chi connectivity index (χ1v) is 6.88. The van der Waals surface area contributed by atoms with Crippen LogP contribution in [0.5, 0.6) is 5.75 Å². The molecule has 5 heteroatoms. The molecule has 1 aromatic heterocycles. The number of aromatic nitrogens is 1. The molecule has 0 atom stereocenters. The molecule has 17 heavy (non-hydrogen) atoms. The van der Waals surface area contributed by atoms with E-state index in [0.717, 1.165) is 25.7 Å². The van der Waals surface area contributed by atoms with Crippen LogP contribution in [-0.4, -0.2) is 11.6 Å². The number of nitrogen functional groups attached to an aromatic ring is 1. The van der Waals surface area contributed by atoms with Crippen LogP contribution in [0.4, 0.5) is 5.82 Å². The predicted octanol–water partition coefficient (Wildman–Crippen LogP) is 3.86. The van der Waals surface area contributed by atoms with Gasteiger partial charge < -0.3 is 10.5 Å². The highest BCUT2D eigenvalue weighted by molar-refractivity contribution is 9.11. The summed E-state index contributed by atoms with van der Waals surface area (Å²) in [7, 11) is 0. The third kappa shape index (κ3) is 2.61. The Balaban J connectivity index is 2.37. The Kier molecular flexibility index (Phi) is 3.69. The number of nitrogens with zero attached hydrogens (tertiary/aromatic N) is 1. The Morgan fingerprint density at radius 3 is 2.76 bits per heavy atom. The normalized spacial score (nSPS) is 10.5. The molecule has 0 spiro atoms. The average Bonchev–Trinajstić information content (AvgIpc) is 2.62. The molecule has 90 valence electrons. The highest BCUT2D eigenvalue weighted by Crippen LogP contribution is 2.34. The van der Waals surface area contributed by atoms with E-state index in [-0.39, 0.29) is 0 Å². The van der Waals surface area contributed by atoms with Crippen LogP contribution < -0.4 is 10.5 Å². The molecular formula is C12H13BrN2OS. The molecule has 2 rings (SSSR count). The number of rotatable bonds is 3. The van der Waals surface area contributed by atoms with Gasteiger partial charge in [-0.1, -0.05) is 0 Å². The van der Waals surface area contributed by atoms with E-state index in [4.69, 9.17) is 10.5 Å². The molecule has 0 saturated heterocycles. The van der Waals surface area contributed by atoms with E-state index in [9.17, 15) is 0 Å². The van der Waals surface area contributed by atoms with E-state index in [1.54, 1.807) is 0 Å². The number of hydrogen-bond acceptors (Lipinski definition) is 4. The van der Waals surface area contributed by atoms with Crippen molar-refractivity contribution >= 4 is 33.1 Å². The maximum atomic E-state index is 5.72. The molecule has 1 heterocycles. The van der Waals surface area contributed by atoms with Crippen LogP contribution >= 0.6 is 27.3 Å². The Morgan fingerprint density at radius 2 is 2.24 bits per heavy atom. The number of thiazole rings is 1. The van der Waals surface area contributed by atoms with Gasteiger partial charge in [-0.3, -0.25) is 0 Å². The van der Waals surface area contributed by atoms with E-state index in [2.05, 4.69) is 27.0 Å². The van der Waals surface area contributed by atoms with Crippen molar-refractivity contribution in [1.29, 1.82) is 0 Å². The maximum absolute atomic E-state index is 5.72. The standard InChI is InChI=1S/C12H13BrN2OS/c1-3-16-9-5-4-8(6-7(9)2)12-15-11(14)10(13)17-12/h4-6H,3,14H2,1-2H3. The van der Waals surface area contributed by atoms with Crippen molar-refractivity contribution in [1.82, 2.24) is 4.98 Å². The van der Waals surface area contributed by atoms with Crippen molar-refractivity contribution < 1.29 is 4.74 Å². The predicted molar refractivity (Wildman–Crippen MR) is 75.6 cm³/mol. The van der Waals surface area contributed by atoms with Gasteiger partial charge in [0.25, 0.3) is 0 Å². The van der Waals surface area contributed by atoms with Crippen LogP contribution in [0, 0.1) is 6.92 Å². The Hall–Kier alpha value is -1.07. The lowest BCUT2D eigenvalue weighted by Gasteiger charge is -2.07. The molecule has 0 aliphatic carbocycles. The number of ether oxygens (including phenoxy) is 1. The third-order valence-electron chi connectivity index (χ3n) is 2.33. The molecule has 0 amide bonds. The second-order valence-electron chi connectivity index (χ2n) is 3.59. The summed E-state index contributed by atoms with van der Waals surface area (Å²) in [6, 6.07) is 6.04. The van der Waals surface area contributed by atoms with Crippen molar-refractivity contribution in [2.45, 2.75) is 13.8 Å². The maximum Gasteiger partial charge on any atom is 0.149 e. The molecule has 0 radical (unpaired) electrons. The van der Waals surface area contributed by atoms with Crippen LogP contribution in [0.25, 0.3) is 10.6 Å². The lowest BCUT2D eigenvalue weighted by atomic mass is 10.1. The second kappa shape index (κ2) is 5.06. The van der Waals surface area contributed by atoms with E-state index in [0.29, 0.717) is 12.4 Å². The summed E-state index contributed by atoms with van der Waals surface area (Å²) in [5.41, 5.74) is 7.89. The minimum absolute atomic E-state index is 0.538. The largest absolute Gasteiger partial charge is 0.494 e. The first-order chi connectivity index (χ1) is 8.11. The highest BCUT2D eigenvalue weighted by atomic mass is 79.9. The van der Waals surface area contributed by atoms with E-state index >= 15 is 0 Å². The number of benzene rings is 1. The Labute approximate surface area is 113 Å². The zero-order valence-corrected chi connectivity index (χ0v) is 12.1. The Bertz CT molecular complexity index is 520. The molecule has 0 unspecified atom stereocenters. The fourth-order valence-electron chi connectivity index (χ4n) is 1.54. The van der Waals surface area contributed by atoms with Gasteiger partial charge in [0.05, 0.1) is 6.61 Å². The smallest absolute Gasteiger partial charge is 0.149 e. The van der Waals surface area contributed by atoms with Crippen LogP contribution in [0.3, 0.4) is 0 Å². The minimum atomic E-state index is 0.538. The van der Waals surface area contributed by atoms with E-state index in [1.165, 1.54) is 11.3 Å². The van der Waals surface area contributed by atoms with Crippen molar-refractivity contribution in [2.75, 3.05) is 12.3 Å². The summed E-state index contributed by atoms with van der Waals surface area (Å²) in [4.78, 5) is 4.31. The van der Waals surface area contributed by atoms with Crippen LogP contribution in [-0.2, 0) is 0 Å². The summed E-state index contributed by atoms with van der Waals surface area (Å²) >= 11 is 4.91. The molecule has 1 aromatic carbocycles. The summed E-state index contributed by atoms with van der Waals surface area (Å²) < 4.78 is 6.38. The van der Waals surface area contributed by atoms with Gasteiger partial charge in [-0.15, -0.1) is 11.3 Å². The first-order valence-electron chi connectivity index (χ1n) is 5.27. The van der Waals surface area contributed by atoms with Gasteiger partial charge in [-0.2, -0.15) is 0 Å². The lowest BCUT2D eigenvalue weighted by molar-refractivity contribution is 0.338. The average molecular weight is 313 g/mol. The molecule has 0 fully saturated rings. The minimum Gasteiger partial charge on any atom is -0.494 e. The topological polar surface area (TPSA) is 48.1 Å². The molecule has 2 aromatic rings. The second-order valence-corrected chi connectivity index (χ2v) is 5.91. The molecule has 0 aliphatic heterocycles. The number of hydrogen-bond donors (Lipinski definition) is 1. The zero-order valence-electron chi connectivity index (χ0n) is 9.66. The van der Waals surface area contributed by atoms with Crippen molar-refractivity contribution in [2.24, 2.45) is 0 Å². The third-order valence-corrected chi connectivity index (χ3v) is 4.13. The van der Waals surface area contributed by atoms with E-state index in [1.807, 2.05) is 26.0 Å². The molecule has 0 aliphatic rings. The van der Waals surface area contributed by atoms with Crippen molar-refractivity contribution in [3.05, 3.63) is 27.5 Å². The summed E-state index contributed by atoms with van der Waals surface area (Å²) in [6.45, 7) is 4.68. The summed E-state index contributed by atoms with van der Waals surface area (Å²) in [5, 5.41) is 0.917. The van der Waals surface area contributed by atoms with Gasteiger partial charge in [-0.25, -0.2) is 4.98 Å². The number of halogens is 1. The molecule has 3 nitrogen and oxygen atoms in total. The van der Waals surface area contributed by atoms with Crippen molar-refractivity contribution in [3.63, 3.8) is 0 Å². The highest BCUT2D eigenvalue weighted by Gasteiger charge is 2.09. The molecule has 2 N–H and O–H groups in total. The number of anilines is 1. The van der Waals surface area contributed by atoms with Gasteiger partial charge in [0, 0.05) is 5.56 Å². The van der Waals surface area contributed by atoms with Gasteiger partial charge in [-0.05, 0) is 53.5 Å². The summed E-state index contributed by atoms with van der Waals surface area (Å²) in [6.07, 6.45) is 0. The monoisotopic (exact) mass is 312 g/mol. The van der Waals surface area contributed by atoms with Crippen LogP contribution in [0.1, 0.15) is 12.5 Å². The fourth-order valence-corrected chi connectivity index (χ4v) is 2.79. The zero-order chi connectivity index (χ0) is 12.4. The lowest BCUT2D eigenvalue weighted by Crippen LogP contribution is -1.94. The molecule has 0 saturated carbocycles. The van der Waals surface area contributed by atoms with Crippen molar-refractivity contribution in [3.8, 4) is 16.3 Å². The molecular weight excluding hydrogens is 300 g/mol. The van der Waals surface area contributed by atoms with Crippen LogP contribution in [0.15, 0.2) is 22.0 Å². The van der Waals surface area contributed by atoms with Gasteiger partial charge in [0.15, 0.2) is 0 Å². The quantitative estimate of drug-likeness (QED) is 0.936. The number of nitrogens with two attached hydrogens (primary N) is 1. The molecule has 0 bridgehead atoms. The summed E-state index contributed by atoms with van der Waals surface area (Å²) in [5.74, 6) is 1.45. The first kappa shape index (κ1) is 12.4.